The van der Waals surface area contributed by atoms with E-state index in [-0.39, 0.29) is 18.1 Å². The first kappa shape index (κ1) is 15.4. The van der Waals surface area contributed by atoms with Crippen LogP contribution in [0.4, 0.5) is 5.82 Å². The van der Waals surface area contributed by atoms with Gasteiger partial charge in [-0.3, -0.25) is 0 Å². The van der Waals surface area contributed by atoms with E-state index in [0.717, 1.165) is 21.3 Å². The molecule has 0 aliphatic carbocycles. The number of carbonyl (C=O) groups excluding carboxylic acids is 1. The lowest BCUT2D eigenvalue weighted by molar-refractivity contribution is 0.0519. The van der Waals surface area contributed by atoms with E-state index in [9.17, 15) is 4.79 Å². The van der Waals surface area contributed by atoms with E-state index in [0.29, 0.717) is 5.65 Å². The first-order valence-corrected chi connectivity index (χ1v) is 7.76. The number of carbonyl (C=O) groups is 1. The Hall–Kier alpha value is -2.48. The lowest BCUT2D eigenvalue weighted by Crippen LogP contribution is -2.15. The first-order chi connectivity index (χ1) is 11.0. The molecule has 0 aliphatic rings. The zero-order chi connectivity index (χ0) is 16.6. The van der Waals surface area contributed by atoms with Crippen molar-refractivity contribution in [2.45, 2.75) is 13.8 Å². The molecule has 0 spiro atoms. The summed E-state index contributed by atoms with van der Waals surface area (Å²) in [5, 5.41) is 12.4. The Morgan fingerprint density at radius 2 is 2.00 bits per heavy atom. The van der Waals surface area contributed by atoms with E-state index in [2.05, 4.69) is 31.2 Å². The topological polar surface area (TPSA) is 95.4 Å². The quantitative estimate of drug-likeness (QED) is 0.706. The molecule has 2 aromatic heterocycles. The third kappa shape index (κ3) is 2.65. The molecule has 0 saturated carbocycles. The number of ether oxygens (including phenoxy) is 1. The maximum absolute atomic E-state index is 11.9. The van der Waals surface area contributed by atoms with Crippen LogP contribution in [0.15, 0.2) is 28.7 Å². The van der Waals surface area contributed by atoms with Gasteiger partial charge in [0.15, 0.2) is 11.5 Å². The Labute approximate surface area is 140 Å². The van der Waals surface area contributed by atoms with Crippen molar-refractivity contribution in [2.24, 2.45) is 0 Å². The van der Waals surface area contributed by atoms with Crippen LogP contribution in [0.3, 0.4) is 0 Å². The van der Waals surface area contributed by atoms with Crippen molar-refractivity contribution in [1.29, 1.82) is 0 Å². The lowest BCUT2D eigenvalue weighted by Gasteiger charge is -2.05. The van der Waals surface area contributed by atoms with E-state index < -0.39 is 5.97 Å². The number of halogens is 1. The summed E-state index contributed by atoms with van der Waals surface area (Å²) in [5.41, 5.74) is 9.00. The smallest absolute Gasteiger partial charge is 0.362 e. The first-order valence-electron chi connectivity index (χ1n) is 6.97. The van der Waals surface area contributed by atoms with E-state index in [1.54, 1.807) is 6.92 Å². The van der Waals surface area contributed by atoms with E-state index in [1.807, 2.05) is 31.2 Å². The molecule has 3 rings (SSSR count). The van der Waals surface area contributed by atoms with E-state index in [1.165, 1.54) is 4.52 Å². The molecule has 7 nitrogen and oxygen atoms in total. The largest absolute Gasteiger partial charge is 0.461 e. The van der Waals surface area contributed by atoms with Crippen molar-refractivity contribution >= 4 is 33.4 Å². The van der Waals surface area contributed by atoms with Gasteiger partial charge in [-0.2, -0.15) is 9.61 Å². The molecule has 8 heteroatoms. The Balaban J connectivity index is 2.19. The van der Waals surface area contributed by atoms with E-state index in [4.69, 9.17) is 10.5 Å². The third-order valence-corrected chi connectivity index (χ3v) is 3.88. The Morgan fingerprint density at radius 1 is 1.30 bits per heavy atom. The molecule has 118 valence electrons. The Kier molecular flexibility index (Phi) is 3.99. The van der Waals surface area contributed by atoms with Crippen LogP contribution in [0.25, 0.3) is 16.8 Å². The van der Waals surface area contributed by atoms with E-state index >= 15 is 0 Å². The van der Waals surface area contributed by atoms with Gasteiger partial charge in [0.25, 0.3) is 0 Å². The maximum Gasteiger partial charge on any atom is 0.362 e. The molecule has 2 N–H and O–H groups in total. The molecule has 0 saturated heterocycles. The Bertz CT molecular complexity index is 889. The number of anilines is 1. The monoisotopic (exact) mass is 375 g/mol. The molecule has 0 bridgehead atoms. The van der Waals surface area contributed by atoms with Crippen LogP contribution in [-0.2, 0) is 4.74 Å². The standard InChI is InChI=1S/C15H14BrN5O2/c1-3-23-15(22)12-13(17)21-14(19-18-12)11(8(2)20-21)9-4-6-10(16)7-5-9/h4-7H,3,17H2,1-2H3. The van der Waals surface area contributed by atoms with Gasteiger partial charge in [0.2, 0.25) is 5.69 Å². The minimum Gasteiger partial charge on any atom is -0.461 e. The minimum atomic E-state index is -0.613. The maximum atomic E-state index is 11.9. The molecule has 2 heterocycles. The number of fused-ring (bicyclic) bond motifs is 1. The number of hydrogen-bond acceptors (Lipinski definition) is 6. The van der Waals surface area contributed by atoms with Crippen LogP contribution < -0.4 is 5.73 Å². The van der Waals surface area contributed by atoms with Gasteiger partial charge >= 0.3 is 5.97 Å². The number of nitrogens with zero attached hydrogens (tertiary/aromatic N) is 4. The summed E-state index contributed by atoms with van der Waals surface area (Å²) in [4.78, 5) is 11.9. The van der Waals surface area contributed by atoms with Gasteiger partial charge in [-0.1, -0.05) is 28.1 Å². The molecule has 3 aromatic rings. The molecule has 0 unspecified atom stereocenters. The average Bonchev–Trinajstić information content (AvgIpc) is 2.86. The summed E-state index contributed by atoms with van der Waals surface area (Å²) in [5.74, 6) is -0.502. The highest BCUT2D eigenvalue weighted by Gasteiger charge is 2.21. The van der Waals surface area contributed by atoms with Gasteiger partial charge in [0, 0.05) is 4.47 Å². The molecule has 1 aromatic carbocycles. The zero-order valence-electron chi connectivity index (χ0n) is 12.6. The molecule has 0 radical (unpaired) electrons. The fourth-order valence-electron chi connectivity index (χ4n) is 2.32. The van der Waals surface area contributed by atoms with Crippen molar-refractivity contribution in [3.05, 3.63) is 40.1 Å². The minimum absolute atomic E-state index is 0.0378. The molecular formula is C15H14BrN5O2. The molecule has 0 atom stereocenters. The van der Waals surface area contributed by atoms with Crippen LogP contribution in [0, 0.1) is 6.92 Å². The van der Waals surface area contributed by atoms with Crippen molar-refractivity contribution in [2.75, 3.05) is 12.3 Å². The zero-order valence-corrected chi connectivity index (χ0v) is 14.2. The SMILES string of the molecule is CCOC(=O)c1nnc2c(-c3ccc(Br)cc3)c(C)nn2c1N. The van der Waals surface area contributed by atoms with Crippen molar-refractivity contribution in [1.82, 2.24) is 19.8 Å². The molecular weight excluding hydrogens is 362 g/mol. The van der Waals surface area contributed by atoms with Gasteiger partial charge in [-0.05, 0) is 31.5 Å². The number of esters is 1. The van der Waals surface area contributed by atoms with Gasteiger partial charge in [0.1, 0.15) is 0 Å². The summed E-state index contributed by atoms with van der Waals surface area (Å²) in [6.45, 7) is 3.81. The van der Waals surface area contributed by atoms with Gasteiger partial charge in [0.05, 0.1) is 17.9 Å². The van der Waals surface area contributed by atoms with Crippen LogP contribution >= 0.6 is 15.9 Å². The Morgan fingerprint density at radius 3 is 2.65 bits per heavy atom. The number of aromatic nitrogens is 4. The third-order valence-electron chi connectivity index (χ3n) is 3.35. The lowest BCUT2D eigenvalue weighted by atomic mass is 10.1. The second-order valence-electron chi connectivity index (χ2n) is 4.86. The number of aryl methyl sites for hydroxylation is 1. The summed E-state index contributed by atoms with van der Waals surface area (Å²) >= 11 is 3.41. The van der Waals surface area contributed by atoms with Gasteiger partial charge < -0.3 is 10.5 Å². The average molecular weight is 376 g/mol. The summed E-state index contributed by atoms with van der Waals surface area (Å²) in [6.07, 6.45) is 0. The van der Waals surface area contributed by atoms with Crippen molar-refractivity contribution < 1.29 is 9.53 Å². The second-order valence-corrected chi connectivity index (χ2v) is 5.77. The van der Waals surface area contributed by atoms with Crippen molar-refractivity contribution in [3.8, 4) is 11.1 Å². The molecule has 23 heavy (non-hydrogen) atoms. The number of benzene rings is 1. The number of nitrogen functional groups attached to an aromatic ring is 1. The van der Waals surface area contributed by atoms with Crippen LogP contribution in [0.1, 0.15) is 23.1 Å². The summed E-state index contributed by atoms with van der Waals surface area (Å²) in [7, 11) is 0. The fourth-order valence-corrected chi connectivity index (χ4v) is 2.59. The predicted octanol–water partition coefficient (Wildman–Crippen LogP) is 2.62. The van der Waals surface area contributed by atoms with Crippen LogP contribution in [-0.4, -0.2) is 32.4 Å². The summed E-state index contributed by atoms with van der Waals surface area (Å²) in [6, 6.07) is 7.76. The normalized spacial score (nSPS) is 10.9. The second kappa shape index (κ2) is 5.96. The highest BCUT2D eigenvalue weighted by atomic mass is 79.9. The fraction of sp³-hybridized carbons (Fsp3) is 0.200. The molecule has 0 fully saturated rings. The summed E-state index contributed by atoms with van der Waals surface area (Å²) < 4.78 is 7.32. The van der Waals surface area contributed by atoms with Gasteiger partial charge in [-0.15, -0.1) is 10.2 Å². The highest BCUT2D eigenvalue weighted by Crippen LogP contribution is 2.29. The molecule has 0 amide bonds. The van der Waals surface area contributed by atoms with Crippen molar-refractivity contribution in [3.63, 3.8) is 0 Å². The molecule has 0 aliphatic heterocycles. The highest BCUT2D eigenvalue weighted by molar-refractivity contribution is 9.10. The number of nitrogens with two attached hydrogens (primary N) is 1. The number of rotatable bonds is 3. The number of hydrogen-bond donors (Lipinski definition) is 1. The van der Waals surface area contributed by atoms with Crippen LogP contribution in [0.2, 0.25) is 0 Å². The van der Waals surface area contributed by atoms with Crippen LogP contribution in [0.5, 0.6) is 0 Å². The predicted molar refractivity (Wildman–Crippen MR) is 89.0 cm³/mol. The van der Waals surface area contributed by atoms with Gasteiger partial charge in [-0.25, -0.2) is 4.79 Å².